The molecule has 0 aromatic carbocycles. The summed E-state index contributed by atoms with van der Waals surface area (Å²) in [6, 6.07) is 1.36. The molecule has 1 aliphatic rings. The van der Waals surface area contributed by atoms with Crippen LogP contribution in [0.3, 0.4) is 0 Å². The van der Waals surface area contributed by atoms with Crippen molar-refractivity contribution in [2.45, 2.75) is 24.5 Å². The molecule has 1 aliphatic heterocycles. The van der Waals surface area contributed by atoms with E-state index in [1.165, 1.54) is 21.2 Å². The minimum absolute atomic E-state index is 0.0394. The molecule has 2 aromatic heterocycles. The van der Waals surface area contributed by atoms with Gasteiger partial charge in [0.25, 0.3) is 5.78 Å². The van der Waals surface area contributed by atoms with E-state index in [4.69, 9.17) is 0 Å². The van der Waals surface area contributed by atoms with Gasteiger partial charge in [0.1, 0.15) is 0 Å². The van der Waals surface area contributed by atoms with Crippen LogP contribution in [0.5, 0.6) is 0 Å². The van der Waals surface area contributed by atoms with Crippen LogP contribution < -0.4 is 5.32 Å². The Kier molecular flexibility index (Phi) is 5.95. The molecule has 3 rings (SSSR count). The van der Waals surface area contributed by atoms with E-state index in [0.29, 0.717) is 23.9 Å². The third-order valence-electron chi connectivity index (χ3n) is 4.09. The van der Waals surface area contributed by atoms with Crippen molar-refractivity contribution >= 4 is 39.2 Å². The lowest BCUT2D eigenvalue weighted by Crippen LogP contribution is -2.45. The lowest BCUT2D eigenvalue weighted by Gasteiger charge is -2.21. The number of nitrogens with one attached hydrogen (secondary N) is 1. The molecule has 10 nitrogen and oxygen atoms in total. The Morgan fingerprint density at radius 2 is 2.26 bits per heavy atom. The second kappa shape index (κ2) is 8.21. The number of rotatable bonds is 7. The number of aromatic nitrogens is 4. The van der Waals surface area contributed by atoms with Crippen LogP contribution in [0.15, 0.2) is 23.6 Å². The Bertz CT molecular complexity index is 912. The molecule has 2 amide bonds. The summed E-state index contributed by atoms with van der Waals surface area (Å²) >= 11 is 1.17. The summed E-state index contributed by atoms with van der Waals surface area (Å²) in [7, 11) is -3.06. The fourth-order valence-corrected chi connectivity index (χ4v) is 5.12. The molecule has 0 bridgehead atoms. The van der Waals surface area contributed by atoms with E-state index in [9.17, 15) is 18.0 Å². The highest BCUT2D eigenvalue weighted by Gasteiger charge is 2.29. The van der Waals surface area contributed by atoms with Gasteiger partial charge >= 0.3 is 0 Å². The molecule has 1 N–H and O–H groups in total. The standard InChI is InChI=1S/C15H20N6O4S2/c1-2-20(8-12(22)17-11-4-7-27(24,25)10-11)13(23)9-26-15-18-14-16-5-3-6-21(14)19-15/h3,5-6,11H,2,4,7-10H2,1H3,(H,17,22). The van der Waals surface area contributed by atoms with Gasteiger partial charge in [-0.25, -0.2) is 17.9 Å². The molecule has 1 fully saturated rings. The minimum Gasteiger partial charge on any atom is -0.351 e. The third kappa shape index (κ3) is 5.16. The number of fused-ring (bicyclic) bond motifs is 1. The zero-order valence-corrected chi connectivity index (χ0v) is 16.4. The minimum atomic E-state index is -3.06. The van der Waals surface area contributed by atoms with Gasteiger partial charge in [-0.2, -0.15) is 4.98 Å². The number of likely N-dealkylation sites (N-methyl/N-ethyl adjacent to an activating group) is 1. The highest BCUT2D eigenvalue weighted by atomic mass is 32.2. The molecule has 12 heteroatoms. The van der Waals surface area contributed by atoms with E-state index in [-0.39, 0.29) is 41.7 Å². The molecule has 2 aromatic rings. The van der Waals surface area contributed by atoms with Gasteiger partial charge in [0, 0.05) is 25.0 Å². The predicted molar refractivity (Wildman–Crippen MR) is 99.0 cm³/mol. The van der Waals surface area contributed by atoms with Crippen LogP contribution in [0, 0.1) is 0 Å². The summed E-state index contributed by atoms with van der Waals surface area (Å²) in [6.07, 6.45) is 3.74. The summed E-state index contributed by atoms with van der Waals surface area (Å²) in [5, 5.41) is 7.33. The Labute approximate surface area is 160 Å². The number of carbonyl (C=O) groups excluding carboxylic acids is 2. The quantitative estimate of drug-likeness (QED) is 0.596. The Morgan fingerprint density at radius 3 is 2.93 bits per heavy atom. The monoisotopic (exact) mass is 412 g/mol. The highest BCUT2D eigenvalue weighted by Crippen LogP contribution is 2.14. The van der Waals surface area contributed by atoms with E-state index < -0.39 is 9.84 Å². The molecule has 146 valence electrons. The number of sulfone groups is 1. The number of thioether (sulfide) groups is 1. The smallest absolute Gasteiger partial charge is 0.253 e. The molecule has 0 spiro atoms. The topological polar surface area (TPSA) is 127 Å². The van der Waals surface area contributed by atoms with E-state index in [1.54, 1.807) is 25.4 Å². The molecule has 0 radical (unpaired) electrons. The first kappa shape index (κ1) is 19.5. The molecule has 3 heterocycles. The molecule has 0 aliphatic carbocycles. The average molecular weight is 412 g/mol. The molecule has 27 heavy (non-hydrogen) atoms. The highest BCUT2D eigenvalue weighted by molar-refractivity contribution is 7.99. The Hall–Kier alpha value is -2.21. The zero-order valence-electron chi connectivity index (χ0n) is 14.7. The van der Waals surface area contributed by atoms with Crippen LogP contribution in [0.25, 0.3) is 5.78 Å². The number of nitrogens with zero attached hydrogens (tertiary/aromatic N) is 5. The van der Waals surface area contributed by atoms with Gasteiger partial charge in [-0.05, 0) is 19.4 Å². The van der Waals surface area contributed by atoms with Crippen molar-refractivity contribution in [1.29, 1.82) is 0 Å². The van der Waals surface area contributed by atoms with E-state index in [2.05, 4.69) is 20.4 Å². The second-order valence-electron chi connectivity index (χ2n) is 6.12. The third-order valence-corrected chi connectivity index (χ3v) is 6.68. The number of carbonyl (C=O) groups is 2. The molecule has 1 unspecified atom stereocenters. The fourth-order valence-electron chi connectivity index (χ4n) is 2.72. The lowest BCUT2D eigenvalue weighted by atomic mass is 10.2. The van der Waals surface area contributed by atoms with E-state index in [0.717, 1.165) is 0 Å². The van der Waals surface area contributed by atoms with Gasteiger partial charge < -0.3 is 10.2 Å². The summed E-state index contributed by atoms with van der Waals surface area (Å²) in [6.45, 7) is 2.05. The number of hydrogen-bond donors (Lipinski definition) is 1. The van der Waals surface area contributed by atoms with Crippen molar-refractivity contribution in [2.75, 3.05) is 30.3 Å². The van der Waals surface area contributed by atoms with Crippen LogP contribution in [0.4, 0.5) is 0 Å². The normalized spacial score (nSPS) is 18.5. The van der Waals surface area contributed by atoms with Crippen molar-refractivity contribution in [3.63, 3.8) is 0 Å². The fraction of sp³-hybridized carbons (Fsp3) is 0.533. The van der Waals surface area contributed by atoms with Crippen molar-refractivity contribution in [2.24, 2.45) is 0 Å². The summed E-state index contributed by atoms with van der Waals surface area (Å²) in [5.41, 5.74) is 0. The van der Waals surface area contributed by atoms with Gasteiger partial charge in [-0.3, -0.25) is 9.59 Å². The van der Waals surface area contributed by atoms with Gasteiger partial charge in [0.05, 0.1) is 23.8 Å². The van der Waals surface area contributed by atoms with Crippen molar-refractivity contribution in [3.8, 4) is 0 Å². The first-order chi connectivity index (χ1) is 12.9. The maximum absolute atomic E-state index is 12.4. The van der Waals surface area contributed by atoms with Gasteiger partial charge in [0.2, 0.25) is 17.0 Å². The van der Waals surface area contributed by atoms with Gasteiger partial charge in [0.15, 0.2) is 9.84 Å². The largest absolute Gasteiger partial charge is 0.351 e. The van der Waals surface area contributed by atoms with E-state index >= 15 is 0 Å². The summed E-state index contributed by atoms with van der Waals surface area (Å²) in [4.78, 5) is 34.2. The Morgan fingerprint density at radius 1 is 1.44 bits per heavy atom. The van der Waals surface area contributed by atoms with Crippen LogP contribution in [-0.4, -0.2) is 81.1 Å². The second-order valence-corrected chi connectivity index (χ2v) is 9.29. The lowest BCUT2D eigenvalue weighted by molar-refractivity contribution is -0.134. The van der Waals surface area contributed by atoms with E-state index in [1.807, 2.05) is 0 Å². The molecule has 1 saturated heterocycles. The first-order valence-corrected chi connectivity index (χ1v) is 11.2. The predicted octanol–water partition coefficient (Wildman–Crippen LogP) is -0.632. The van der Waals surface area contributed by atoms with Gasteiger partial charge in [-0.1, -0.05) is 11.8 Å². The summed E-state index contributed by atoms with van der Waals surface area (Å²) in [5.74, 6) is 0.0192. The molecule has 1 atom stereocenters. The average Bonchev–Trinajstić information content (AvgIpc) is 3.19. The van der Waals surface area contributed by atoms with Crippen LogP contribution in [0.1, 0.15) is 13.3 Å². The van der Waals surface area contributed by atoms with Gasteiger partial charge in [-0.15, -0.1) is 5.10 Å². The van der Waals surface area contributed by atoms with Crippen LogP contribution in [0.2, 0.25) is 0 Å². The maximum atomic E-state index is 12.4. The SMILES string of the molecule is CCN(CC(=O)NC1CCS(=O)(=O)C1)C(=O)CSc1nc2ncccn2n1. The maximum Gasteiger partial charge on any atom is 0.253 e. The molecule has 0 saturated carbocycles. The number of amides is 2. The zero-order chi connectivity index (χ0) is 19.4. The Balaban J connectivity index is 1.50. The van der Waals surface area contributed by atoms with Crippen LogP contribution >= 0.6 is 11.8 Å². The molecular formula is C15H20N6O4S2. The number of hydrogen-bond acceptors (Lipinski definition) is 8. The molecular weight excluding hydrogens is 392 g/mol. The van der Waals surface area contributed by atoms with Crippen molar-refractivity contribution in [1.82, 2.24) is 29.8 Å². The summed E-state index contributed by atoms with van der Waals surface area (Å²) < 4.78 is 24.4. The van der Waals surface area contributed by atoms with Crippen molar-refractivity contribution < 1.29 is 18.0 Å². The van der Waals surface area contributed by atoms with Crippen molar-refractivity contribution in [3.05, 3.63) is 18.5 Å². The van der Waals surface area contributed by atoms with Crippen LogP contribution in [-0.2, 0) is 19.4 Å². The first-order valence-electron chi connectivity index (χ1n) is 8.44.